The summed E-state index contributed by atoms with van der Waals surface area (Å²) in [7, 11) is 0. The molecule has 2 aliphatic rings. The summed E-state index contributed by atoms with van der Waals surface area (Å²) < 4.78 is 0. The number of allylic oxidation sites excluding steroid dienone is 1. The quantitative estimate of drug-likeness (QED) is 0.548. The summed E-state index contributed by atoms with van der Waals surface area (Å²) in [6, 6.07) is 0. The average Bonchev–Trinajstić information content (AvgIpc) is 2.12. The summed E-state index contributed by atoms with van der Waals surface area (Å²) in [5.41, 5.74) is 1.74. The van der Waals surface area contributed by atoms with Crippen LogP contribution in [0, 0.1) is 17.3 Å². The standard InChI is InChI=1S/C11H18O/c1-7-4-5-8-6-9(12)10(7)11(8,2)3/h4,8-10,12H,5-6H2,1-3H3/t8-,9-,10+/m0/s1. The zero-order chi connectivity index (χ0) is 8.93. The van der Waals surface area contributed by atoms with Gasteiger partial charge in [0, 0.05) is 5.92 Å². The molecule has 2 bridgehead atoms. The maximum atomic E-state index is 9.86. The highest BCUT2D eigenvalue weighted by Gasteiger charge is 2.50. The first kappa shape index (κ1) is 8.31. The van der Waals surface area contributed by atoms with Crippen LogP contribution in [0.15, 0.2) is 11.6 Å². The second-order valence-corrected chi connectivity index (χ2v) is 4.98. The van der Waals surface area contributed by atoms with E-state index < -0.39 is 0 Å². The van der Waals surface area contributed by atoms with Crippen molar-refractivity contribution >= 4 is 0 Å². The van der Waals surface area contributed by atoms with Crippen LogP contribution in [0.2, 0.25) is 0 Å². The van der Waals surface area contributed by atoms with Crippen molar-refractivity contribution in [1.29, 1.82) is 0 Å². The maximum Gasteiger partial charge on any atom is 0.0613 e. The van der Waals surface area contributed by atoms with Crippen LogP contribution in [0.25, 0.3) is 0 Å². The molecule has 0 aromatic carbocycles. The first-order valence-corrected chi connectivity index (χ1v) is 4.88. The maximum absolute atomic E-state index is 9.86. The van der Waals surface area contributed by atoms with Crippen molar-refractivity contribution in [2.75, 3.05) is 0 Å². The normalized spacial score (nSPS) is 44.3. The molecule has 0 saturated heterocycles. The van der Waals surface area contributed by atoms with Gasteiger partial charge in [-0.3, -0.25) is 0 Å². The second-order valence-electron chi connectivity index (χ2n) is 4.98. The lowest BCUT2D eigenvalue weighted by Gasteiger charge is -2.37. The molecule has 1 saturated carbocycles. The molecule has 0 unspecified atom stereocenters. The first-order chi connectivity index (χ1) is 5.53. The number of aliphatic hydroxyl groups is 1. The van der Waals surface area contributed by atoms with Gasteiger partial charge in [0.1, 0.15) is 0 Å². The monoisotopic (exact) mass is 166 g/mol. The lowest BCUT2D eigenvalue weighted by Crippen LogP contribution is -2.31. The number of hydrogen-bond donors (Lipinski definition) is 1. The Bertz CT molecular complexity index is 227. The highest BCUT2D eigenvalue weighted by Crippen LogP contribution is 2.54. The van der Waals surface area contributed by atoms with E-state index in [1.165, 1.54) is 12.0 Å². The Morgan fingerprint density at radius 3 is 2.75 bits per heavy atom. The molecule has 0 amide bonds. The minimum Gasteiger partial charge on any atom is -0.392 e. The molecule has 68 valence electrons. The van der Waals surface area contributed by atoms with E-state index >= 15 is 0 Å². The van der Waals surface area contributed by atoms with Crippen molar-refractivity contribution < 1.29 is 5.11 Å². The van der Waals surface area contributed by atoms with Gasteiger partial charge < -0.3 is 5.11 Å². The molecule has 12 heavy (non-hydrogen) atoms. The van der Waals surface area contributed by atoms with Crippen LogP contribution in [0.3, 0.4) is 0 Å². The number of fused-ring (bicyclic) bond motifs is 2. The molecule has 1 fully saturated rings. The van der Waals surface area contributed by atoms with E-state index in [4.69, 9.17) is 0 Å². The van der Waals surface area contributed by atoms with E-state index in [1.54, 1.807) is 0 Å². The number of aliphatic hydroxyl groups excluding tert-OH is 1. The fourth-order valence-corrected chi connectivity index (χ4v) is 3.23. The molecule has 0 heterocycles. The lowest BCUT2D eigenvalue weighted by atomic mass is 9.68. The van der Waals surface area contributed by atoms with Crippen molar-refractivity contribution in [2.24, 2.45) is 17.3 Å². The van der Waals surface area contributed by atoms with Crippen LogP contribution < -0.4 is 0 Å². The van der Waals surface area contributed by atoms with Crippen molar-refractivity contribution in [3.63, 3.8) is 0 Å². The van der Waals surface area contributed by atoms with Crippen molar-refractivity contribution in [1.82, 2.24) is 0 Å². The topological polar surface area (TPSA) is 20.2 Å². The average molecular weight is 166 g/mol. The van der Waals surface area contributed by atoms with Crippen molar-refractivity contribution in [2.45, 2.75) is 39.7 Å². The third-order valence-electron chi connectivity index (χ3n) is 3.98. The molecule has 2 aliphatic carbocycles. The number of hydrogen-bond acceptors (Lipinski definition) is 1. The van der Waals surface area contributed by atoms with E-state index in [9.17, 15) is 5.11 Å². The molecule has 1 heteroatoms. The Balaban J connectivity index is 2.39. The van der Waals surface area contributed by atoms with E-state index in [0.29, 0.717) is 17.3 Å². The van der Waals surface area contributed by atoms with E-state index in [1.807, 2.05) is 0 Å². The van der Waals surface area contributed by atoms with Gasteiger partial charge in [-0.15, -0.1) is 0 Å². The molecule has 0 aromatic heterocycles. The van der Waals surface area contributed by atoms with Gasteiger partial charge in [0.2, 0.25) is 0 Å². The molecular formula is C11H18O. The summed E-state index contributed by atoms with van der Waals surface area (Å²) in [6.45, 7) is 6.77. The van der Waals surface area contributed by atoms with Gasteiger partial charge >= 0.3 is 0 Å². The second kappa shape index (κ2) is 2.35. The van der Waals surface area contributed by atoms with Crippen molar-refractivity contribution in [3.8, 4) is 0 Å². The van der Waals surface area contributed by atoms with Crippen LogP contribution >= 0.6 is 0 Å². The first-order valence-electron chi connectivity index (χ1n) is 4.88. The Morgan fingerprint density at radius 2 is 2.17 bits per heavy atom. The van der Waals surface area contributed by atoms with Gasteiger partial charge in [-0.25, -0.2) is 0 Å². The van der Waals surface area contributed by atoms with E-state index in [0.717, 1.165) is 6.42 Å². The van der Waals surface area contributed by atoms with Crippen LogP contribution in [0.1, 0.15) is 33.6 Å². The largest absolute Gasteiger partial charge is 0.392 e. The van der Waals surface area contributed by atoms with Gasteiger partial charge in [0.15, 0.2) is 0 Å². The fraction of sp³-hybridized carbons (Fsp3) is 0.818. The molecular weight excluding hydrogens is 148 g/mol. The zero-order valence-corrected chi connectivity index (χ0v) is 8.17. The minimum atomic E-state index is -0.0799. The Morgan fingerprint density at radius 1 is 1.50 bits per heavy atom. The van der Waals surface area contributed by atoms with Gasteiger partial charge in [0.25, 0.3) is 0 Å². The summed E-state index contributed by atoms with van der Waals surface area (Å²) in [5.74, 6) is 1.14. The Kier molecular flexibility index (Phi) is 1.63. The predicted octanol–water partition coefficient (Wildman–Crippen LogP) is 2.36. The SMILES string of the molecule is CC1=CC[C@H]2C[C@H](O)[C@@H]1C2(C)C. The highest BCUT2D eigenvalue weighted by molar-refractivity contribution is 5.20. The molecule has 0 aromatic rings. The third kappa shape index (κ3) is 0.891. The fourth-order valence-electron chi connectivity index (χ4n) is 3.23. The summed E-state index contributed by atoms with van der Waals surface area (Å²) in [5, 5.41) is 9.86. The predicted molar refractivity (Wildman–Crippen MR) is 49.8 cm³/mol. The van der Waals surface area contributed by atoms with Crippen LogP contribution in [-0.4, -0.2) is 11.2 Å². The zero-order valence-electron chi connectivity index (χ0n) is 8.17. The molecule has 1 N–H and O–H groups in total. The molecule has 0 aliphatic heterocycles. The van der Waals surface area contributed by atoms with Crippen LogP contribution in [-0.2, 0) is 0 Å². The van der Waals surface area contributed by atoms with Gasteiger partial charge in [-0.2, -0.15) is 0 Å². The lowest BCUT2D eigenvalue weighted by molar-refractivity contribution is 0.109. The van der Waals surface area contributed by atoms with E-state index in [2.05, 4.69) is 26.8 Å². The van der Waals surface area contributed by atoms with Gasteiger partial charge in [-0.05, 0) is 31.1 Å². The van der Waals surface area contributed by atoms with Gasteiger partial charge in [-0.1, -0.05) is 25.5 Å². The summed E-state index contributed by atoms with van der Waals surface area (Å²) in [4.78, 5) is 0. The molecule has 2 rings (SSSR count). The molecule has 0 spiro atoms. The molecule has 0 radical (unpaired) electrons. The third-order valence-corrected chi connectivity index (χ3v) is 3.98. The summed E-state index contributed by atoms with van der Waals surface area (Å²) >= 11 is 0. The van der Waals surface area contributed by atoms with Crippen LogP contribution in [0.4, 0.5) is 0 Å². The molecule has 3 atom stereocenters. The minimum absolute atomic E-state index is 0.0799. The highest BCUT2D eigenvalue weighted by atomic mass is 16.3. The van der Waals surface area contributed by atoms with Crippen LogP contribution in [0.5, 0.6) is 0 Å². The smallest absolute Gasteiger partial charge is 0.0613 e. The Labute approximate surface area is 74.5 Å². The van der Waals surface area contributed by atoms with Crippen molar-refractivity contribution in [3.05, 3.63) is 11.6 Å². The Hall–Kier alpha value is -0.300. The number of rotatable bonds is 0. The molecule has 1 nitrogen and oxygen atoms in total. The van der Waals surface area contributed by atoms with Gasteiger partial charge in [0.05, 0.1) is 6.10 Å². The summed E-state index contributed by atoms with van der Waals surface area (Å²) in [6.07, 6.45) is 4.41. The van der Waals surface area contributed by atoms with E-state index in [-0.39, 0.29) is 6.10 Å².